The van der Waals surface area contributed by atoms with Crippen LogP contribution in [0.2, 0.25) is 0 Å². The van der Waals surface area contributed by atoms with E-state index in [9.17, 15) is 0 Å². The van der Waals surface area contributed by atoms with Crippen LogP contribution in [0.1, 0.15) is 20.3 Å². The summed E-state index contributed by atoms with van der Waals surface area (Å²) in [5.74, 6) is 0.730. The van der Waals surface area contributed by atoms with E-state index in [0.717, 1.165) is 25.6 Å². The Hall–Kier alpha value is -0.120. The first kappa shape index (κ1) is 12.0. The second-order valence-corrected chi connectivity index (χ2v) is 4.77. The predicted molar refractivity (Wildman–Crippen MR) is 59.5 cm³/mol. The summed E-state index contributed by atoms with van der Waals surface area (Å²) >= 11 is 0. The maximum Gasteiger partial charge on any atom is 0.0854 e. The Morgan fingerprint density at radius 1 is 1.43 bits per heavy atom. The van der Waals surface area contributed by atoms with Crippen LogP contribution in [0.25, 0.3) is 0 Å². The van der Waals surface area contributed by atoms with E-state index in [0.29, 0.717) is 12.1 Å². The molecule has 1 heterocycles. The molecule has 0 aromatic rings. The van der Waals surface area contributed by atoms with Gasteiger partial charge in [0.25, 0.3) is 0 Å². The molecule has 0 saturated carbocycles. The van der Waals surface area contributed by atoms with Gasteiger partial charge in [0.15, 0.2) is 0 Å². The number of hydrogen-bond donors (Lipinski definition) is 1. The van der Waals surface area contributed by atoms with Crippen LogP contribution < -0.4 is 5.32 Å². The van der Waals surface area contributed by atoms with E-state index in [1.54, 1.807) is 0 Å². The van der Waals surface area contributed by atoms with Crippen LogP contribution in [0.15, 0.2) is 0 Å². The first-order valence-electron chi connectivity index (χ1n) is 5.60. The Morgan fingerprint density at radius 2 is 2.14 bits per heavy atom. The quantitative estimate of drug-likeness (QED) is 0.731. The van der Waals surface area contributed by atoms with Gasteiger partial charge in [-0.05, 0) is 26.4 Å². The molecule has 3 heteroatoms. The fraction of sp³-hybridized carbons (Fsp3) is 1.00. The molecule has 1 fully saturated rings. The second-order valence-electron chi connectivity index (χ2n) is 4.77. The van der Waals surface area contributed by atoms with E-state index >= 15 is 0 Å². The van der Waals surface area contributed by atoms with Crippen molar-refractivity contribution in [3.63, 3.8) is 0 Å². The van der Waals surface area contributed by atoms with Crippen molar-refractivity contribution in [1.82, 2.24) is 10.2 Å². The summed E-state index contributed by atoms with van der Waals surface area (Å²) in [7, 11) is 4.29. The predicted octanol–water partition coefficient (Wildman–Crippen LogP) is 0.951. The number of hydrogen-bond acceptors (Lipinski definition) is 3. The van der Waals surface area contributed by atoms with Gasteiger partial charge < -0.3 is 15.0 Å². The summed E-state index contributed by atoms with van der Waals surface area (Å²) in [4.78, 5) is 2.29. The third kappa shape index (κ3) is 3.56. The number of likely N-dealkylation sites (N-methyl/N-ethyl adjacent to an activating group) is 1. The molecule has 1 aliphatic heterocycles. The zero-order chi connectivity index (χ0) is 10.6. The number of ether oxygens (including phenoxy) is 1. The Labute approximate surface area is 87.8 Å². The molecule has 0 aromatic carbocycles. The largest absolute Gasteiger partial charge is 0.374 e. The van der Waals surface area contributed by atoms with Crippen molar-refractivity contribution in [2.45, 2.75) is 32.4 Å². The van der Waals surface area contributed by atoms with Crippen molar-refractivity contribution < 1.29 is 4.74 Å². The van der Waals surface area contributed by atoms with Crippen molar-refractivity contribution in [2.75, 3.05) is 33.8 Å². The zero-order valence-electron chi connectivity index (χ0n) is 9.92. The van der Waals surface area contributed by atoms with Crippen LogP contribution in [-0.2, 0) is 4.74 Å². The SMILES string of the molecule is CC(C)CC(C1CNCCO1)N(C)C. The molecular formula is C11H24N2O. The van der Waals surface area contributed by atoms with Crippen molar-refractivity contribution in [3.8, 4) is 0 Å². The van der Waals surface area contributed by atoms with E-state index in [2.05, 4.69) is 38.2 Å². The van der Waals surface area contributed by atoms with Gasteiger partial charge in [-0.2, -0.15) is 0 Å². The molecule has 0 amide bonds. The minimum atomic E-state index is 0.362. The third-order valence-electron chi connectivity index (χ3n) is 2.76. The fourth-order valence-electron chi connectivity index (χ4n) is 2.01. The van der Waals surface area contributed by atoms with Crippen LogP contribution in [0.4, 0.5) is 0 Å². The highest BCUT2D eigenvalue weighted by atomic mass is 16.5. The average molecular weight is 200 g/mol. The molecule has 1 aliphatic rings. The van der Waals surface area contributed by atoms with Gasteiger partial charge in [0, 0.05) is 19.1 Å². The van der Waals surface area contributed by atoms with Gasteiger partial charge in [0.2, 0.25) is 0 Å². The summed E-state index contributed by atoms with van der Waals surface area (Å²) in [6, 6.07) is 0.544. The summed E-state index contributed by atoms with van der Waals surface area (Å²) < 4.78 is 5.80. The number of morpholine rings is 1. The van der Waals surface area contributed by atoms with Gasteiger partial charge in [0.1, 0.15) is 0 Å². The Balaban J connectivity index is 2.47. The van der Waals surface area contributed by atoms with Gasteiger partial charge in [-0.15, -0.1) is 0 Å². The lowest BCUT2D eigenvalue weighted by Crippen LogP contribution is -2.50. The normalized spacial score (nSPS) is 25.7. The highest BCUT2D eigenvalue weighted by molar-refractivity contribution is 4.82. The molecule has 3 nitrogen and oxygen atoms in total. The van der Waals surface area contributed by atoms with Crippen molar-refractivity contribution >= 4 is 0 Å². The minimum absolute atomic E-state index is 0.362. The standard InChI is InChI=1S/C11H24N2O/c1-9(2)7-10(13(3)4)11-8-12-5-6-14-11/h9-12H,5-8H2,1-4H3. The number of nitrogens with zero attached hydrogens (tertiary/aromatic N) is 1. The van der Waals surface area contributed by atoms with Gasteiger partial charge in [0.05, 0.1) is 12.7 Å². The Bertz CT molecular complexity index is 153. The molecule has 0 aliphatic carbocycles. The lowest BCUT2D eigenvalue weighted by molar-refractivity contribution is -0.0257. The van der Waals surface area contributed by atoms with Crippen LogP contribution in [0, 0.1) is 5.92 Å². The molecule has 0 radical (unpaired) electrons. The highest BCUT2D eigenvalue weighted by Crippen LogP contribution is 2.16. The van der Waals surface area contributed by atoms with E-state index in [4.69, 9.17) is 4.74 Å². The third-order valence-corrected chi connectivity index (χ3v) is 2.76. The van der Waals surface area contributed by atoms with E-state index < -0.39 is 0 Å². The van der Waals surface area contributed by atoms with Crippen LogP contribution in [-0.4, -0.2) is 50.8 Å². The molecular weight excluding hydrogens is 176 g/mol. The van der Waals surface area contributed by atoms with Crippen molar-refractivity contribution in [1.29, 1.82) is 0 Å². The molecule has 1 rings (SSSR count). The smallest absolute Gasteiger partial charge is 0.0854 e. The number of nitrogens with one attached hydrogen (secondary N) is 1. The summed E-state index contributed by atoms with van der Waals surface area (Å²) in [6.45, 7) is 7.39. The fourth-order valence-corrected chi connectivity index (χ4v) is 2.01. The van der Waals surface area contributed by atoms with E-state index in [1.165, 1.54) is 6.42 Å². The lowest BCUT2D eigenvalue weighted by Gasteiger charge is -2.36. The molecule has 84 valence electrons. The summed E-state index contributed by atoms with van der Waals surface area (Å²) in [6.07, 6.45) is 1.57. The zero-order valence-corrected chi connectivity index (χ0v) is 9.92. The average Bonchev–Trinajstić information content (AvgIpc) is 2.15. The Kier molecular flexibility index (Phi) is 4.85. The molecule has 0 spiro atoms. The van der Waals surface area contributed by atoms with Crippen LogP contribution >= 0.6 is 0 Å². The monoisotopic (exact) mass is 200 g/mol. The molecule has 0 bridgehead atoms. The maximum atomic E-state index is 5.80. The van der Waals surface area contributed by atoms with Crippen molar-refractivity contribution in [3.05, 3.63) is 0 Å². The molecule has 1 saturated heterocycles. The molecule has 2 unspecified atom stereocenters. The molecule has 2 atom stereocenters. The Morgan fingerprint density at radius 3 is 2.57 bits per heavy atom. The second kappa shape index (κ2) is 5.69. The van der Waals surface area contributed by atoms with E-state index in [-0.39, 0.29) is 0 Å². The first-order valence-corrected chi connectivity index (χ1v) is 5.60. The van der Waals surface area contributed by atoms with Gasteiger partial charge in [-0.25, -0.2) is 0 Å². The van der Waals surface area contributed by atoms with Gasteiger partial charge >= 0.3 is 0 Å². The van der Waals surface area contributed by atoms with Crippen LogP contribution in [0.5, 0.6) is 0 Å². The first-order chi connectivity index (χ1) is 6.61. The topological polar surface area (TPSA) is 24.5 Å². The maximum absolute atomic E-state index is 5.80. The minimum Gasteiger partial charge on any atom is -0.374 e. The number of rotatable bonds is 4. The van der Waals surface area contributed by atoms with Gasteiger partial charge in [-0.1, -0.05) is 13.8 Å². The summed E-state index contributed by atoms with van der Waals surface area (Å²) in [5.41, 5.74) is 0. The summed E-state index contributed by atoms with van der Waals surface area (Å²) in [5, 5.41) is 3.39. The van der Waals surface area contributed by atoms with Crippen molar-refractivity contribution in [2.24, 2.45) is 5.92 Å². The highest BCUT2D eigenvalue weighted by Gasteiger charge is 2.26. The van der Waals surface area contributed by atoms with Crippen LogP contribution in [0.3, 0.4) is 0 Å². The van der Waals surface area contributed by atoms with Gasteiger partial charge in [-0.3, -0.25) is 0 Å². The molecule has 14 heavy (non-hydrogen) atoms. The molecule has 0 aromatic heterocycles. The lowest BCUT2D eigenvalue weighted by atomic mass is 9.97. The van der Waals surface area contributed by atoms with E-state index in [1.807, 2.05) is 0 Å². The molecule has 1 N–H and O–H groups in total.